The lowest BCUT2D eigenvalue weighted by atomic mass is 10.1. The van der Waals surface area contributed by atoms with Crippen LogP contribution in [0.2, 0.25) is 10.0 Å². The molecule has 1 aliphatic heterocycles. The van der Waals surface area contributed by atoms with E-state index in [2.05, 4.69) is 16.3 Å². The van der Waals surface area contributed by atoms with Crippen LogP contribution in [0, 0.1) is 0 Å². The molecule has 0 atom stereocenters. The summed E-state index contributed by atoms with van der Waals surface area (Å²) < 4.78 is 5.13. The number of halogens is 2. The molecule has 0 saturated carbocycles. The standard InChI is InChI=1S/C22H18Cl2N2O3/c1-29-17-5-7-21(18(10-17)22(27)28)25-15-3-2-13-11-26(12-14(13)8-15)16-4-6-19(23)20(24)9-16/h2-10,25H,11-12H2,1H3,(H,27,28). The Balaban J connectivity index is 1.57. The molecule has 29 heavy (non-hydrogen) atoms. The van der Waals surface area contributed by atoms with Crippen LogP contribution < -0.4 is 15.0 Å². The van der Waals surface area contributed by atoms with Crippen molar-refractivity contribution in [3.8, 4) is 5.75 Å². The fraction of sp³-hybridized carbons (Fsp3) is 0.136. The molecule has 0 amide bonds. The molecule has 0 aliphatic carbocycles. The summed E-state index contributed by atoms with van der Waals surface area (Å²) in [6.07, 6.45) is 0. The van der Waals surface area contributed by atoms with E-state index in [1.165, 1.54) is 24.3 Å². The van der Waals surface area contributed by atoms with Crippen molar-refractivity contribution in [2.45, 2.75) is 13.1 Å². The summed E-state index contributed by atoms with van der Waals surface area (Å²) in [4.78, 5) is 13.8. The van der Waals surface area contributed by atoms with Gasteiger partial charge in [-0.3, -0.25) is 0 Å². The van der Waals surface area contributed by atoms with Gasteiger partial charge in [-0.05, 0) is 59.7 Å². The number of fused-ring (bicyclic) bond motifs is 1. The van der Waals surface area contributed by atoms with Gasteiger partial charge in [-0.1, -0.05) is 29.3 Å². The zero-order chi connectivity index (χ0) is 20.5. The van der Waals surface area contributed by atoms with Crippen molar-refractivity contribution in [3.05, 3.63) is 81.3 Å². The molecule has 7 heteroatoms. The Morgan fingerprint density at radius 1 is 1.00 bits per heavy atom. The van der Waals surface area contributed by atoms with Crippen LogP contribution in [0.1, 0.15) is 21.5 Å². The minimum Gasteiger partial charge on any atom is -0.497 e. The van der Waals surface area contributed by atoms with Crippen molar-refractivity contribution in [3.63, 3.8) is 0 Å². The average molecular weight is 429 g/mol. The SMILES string of the molecule is COc1ccc(Nc2ccc3c(c2)CN(c2ccc(Cl)c(Cl)c2)C3)c(C(=O)O)c1. The molecule has 0 fully saturated rings. The van der Waals surface area contributed by atoms with Crippen LogP contribution in [0.3, 0.4) is 0 Å². The Morgan fingerprint density at radius 2 is 1.79 bits per heavy atom. The molecule has 2 N–H and O–H groups in total. The second-order valence-corrected chi connectivity index (χ2v) is 7.59. The predicted octanol–water partition coefficient (Wildman–Crippen LogP) is 5.96. The van der Waals surface area contributed by atoms with Crippen LogP contribution in [-0.2, 0) is 13.1 Å². The van der Waals surface area contributed by atoms with Crippen LogP contribution in [-0.4, -0.2) is 18.2 Å². The lowest BCUT2D eigenvalue weighted by Gasteiger charge is -2.18. The number of carboxylic acid groups (broad SMARTS) is 1. The van der Waals surface area contributed by atoms with Crippen molar-refractivity contribution in [1.29, 1.82) is 0 Å². The number of nitrogens with one attached hydrogen (secondary N) is 1. The number of carbonyl (C=O) groups is 1. The molecule has 1 heterocycles. The monoisotopic (exact) mass is 428 g/mol. The number of rotatable bonds is 5. The number of nitrogens with zero attached hydrogens (tertiary/aromatic N) is 1. The van der Waals surface area contributed by atoms with Crippen LogP contribution in [0.25, 0.3) is 0 Å². The highest BCUT2D eigenvalue weighted by atomic mass is 35.5. The fourth-order valence-electron chi connectivity index (χ4n) is 3.43. The summed E-state index contributed by atoms with van der Waals surface area (Å²) >= 11 is 12.2. The zero-order valence-corrected chi connectivity index (χ0v) is 17.1. The Hall–Kier alpha value is -2.89. The molecular weight excluding hydrogens is 411 g/mol. The molecule has 3 aromatic rings. The number of anilines is 3. The number of methoxy groups -OCH3 is 1. The van der Waals surface area contributed by atoms with Gasteiger partial charge in [0.05, 0.1) is 28.4 Å². The Morgan fingerprint density at radius 3 is 2.52 bits per heavy atom. The second-order valence-electron chi connectivity index (χ2n) is 6.78. The minimum absolute atomic E-state index is 0.155. The summed E-state index contributed by atoms with van der Waals surface area (Å²) in [5.41, 5.74) is 4.89. The third-order valence-electron chi connectivity index (χ3n) is 4.93. The molecule has 0 saturated heterocycles. The molecule has 3 aromatic carbocycles. The Kier molecular flexibility index (Phi) is 5.26. The largest absolute Gasteiger partial charge is 0.497 e. The topological polar surface area (TPSA) is 61.8 Å². The summed E-state index contributed by atoms with van der Waals surface area (Å²) in [5.74, 6) is -0.516. The van der Waals surface area contributed by atoms with E-state index in [9.17, 15) is 9.90 Å². The molecule has 0 aromatic heterocycles. The Bertz CT molecular complexity index is 1100. The molecule has 4 rings (SSSR count). The maximum atomic E-state index is 11.6. The van der Waals surface area contributed by atoms with Crippen molar-refractivity contribution in [2.24, 2.45) is 0 Å². The minimum atomic E-state index is -1.02. The van der Waals surface area contributed by atoms with E-state index < -0.39 is 5.97 Å². The quantitative estimate of drug-likeness (QED) is 0.524. The molecule has 0 spiro atoms. The van der Waals surface area contributed by atoms with Gasteiger partial charge in [0.15, 0.2) is 0 Å². The highest BCUT2D eigenvalue weighted by Gasteiger charge is 2.20. The number of carboxylic acids is 1. The van der Waals surface area contributed by atoms with Crippen LogP contribution in [0.15, 0.2) is 54.6 Å². The summed E-state index contributed by atoms with van der Waals surface area (Å²) in [6, 6.07) is 16.6. The predicted molar refractivity (Wildman–Crippen MR) is 116 cm³/mol. The van der Waals surface area contributed by atoms with E-state index >= 15 is 0 Å². The van der Waals surface area contributed by atoms with Gasteiger partial charge >= 0.3 is 5.97 Å². The van der Waals surface area contributed by atoms with E-state index in [1.54, 1.807) is 18.2 Å². The van der Waals surface area contributed by atoms with Crippen molar-refractivity contribution < 1.29 is 14.6 Å². The third kappa shape index (κ3) is 3.97. The molecule has 1 aliphatic rings. The first-order valence-electron chi connectivity index (χ1n) is 8.95. The molecular formula is C22H18Cl2N2O3. The van der Waals surface area contributed by atoms with Gasteiger partial charge in [0.2, 0.25) is 0 Å². The number of hydrogen-bond donors (Lipinski definition) is 2. The lowest BCUT2D eigenvalue weighted by Crippen LogP contribution is -2.14. The second kappa shape index (κ2) is 7.85. The van der Waals surface area contributed by atoms with Gasteiger partial charge in [0.1, 0.15) is 5.75 Å². The fourth-order valence-corrected chi connectivity index (χ4v) is 3.72. The van der Waals surface area contributed by atoms with Crippen molar-refractivity contribution >= 4 is 46.2 Å². The molecule has 5 nitrogen and oxygen atoms in total. The van der Waals surface area contributed by atoms with E-state index in [0.717, 1.165) is 24.5 Å². The number of hydrogen-bond acceptors (Lipinski definition) is 4. The number of ether oxygens (including phenoxy) is 1. The molecule has 0 bridgehead atoms. The Labute approximate surface area is 178 Å². The zero-order valence-electron chi connectivity index (χ0n) is 15.6. The number of aromatic carboxylic acids is 1. The van der Waals surface area contributed by atoms with Crippen LogP contribution in [0.5, 0.6) is 5.75 Å². The first-order valence-corrected chi connectivity index (χ1v) is 9.70. The van der Waals surface area contributed by atoms with E-state index in [0.29, 0.717) is 21.5 Å². The maximum absolute atomic E-state index is 11.6. The number of benzene rings is 3. The van der Waals surface area contributed by atoms with Crippen LogP contribution >= 0.6 is 23.2 Å². The summed E-state index contributed by atoms with van der Waals surface area (Å²) in [6.45, 7) is 1.51. The van der Waals surface area contributed by atoms with Crippen molar-refractivity contribution in [1.82, 2.24) is 0 Å². The first kappa shape index (κ1) is 19.4. The normalized spacial score (nSPS) is 12.6. The van der Waals surface area contributed by atoms with Gasteiger partial charge in [0, 0.05) is 24.5 Å². The van der Waals surface area contributed by atoms with E-state index in [1.807, 2.05) is 24.3 Å². The molecule has 148 valence electrons. The average Bonchev–Trinajstić information content (AvgIpc) is 3.13. The maximum Gasteiger partial charge on any atom is 0.337 e. The van der Waals surface area contributed by atoms with E-state index in [-0.39, 0.29) is 5.56 Å². The molecule has 0 radical (unpaired) electrons. The van der Waals surface area contributed by atoms with Gasteiger partial charge in [0.25, 0.3) is 0 Å². The van der Waals surface area contributed by atoms with E-state index in [4.69, 9.17) is 27.9 Å². The van der Waals surface area contributed by atoms with Gasteiger partial charge in [-0.2, -0.15) is 0 Å². The van der Waals surface area contributed by atoms with Crippen LogP contribution in [0.4, 0.5) is 17.1 Å². The first-order chi connectivity index (χ1) is 13.9. The highest BCUT2D eigenvalue weighted by molar-refractivity contribution is 6.42. The highest BCUT2D eigenvalue weighted by Crippen LogP contribution is 2.34. The van der Waals surface area contributed by atoms with Crippen molar-refractivity contribution in [2.75, 3.05) is 17.3 Å². The summed E-state index contributed by atoms with van der Waals surface area (Å²) in [7, 11) is 1.51. The van der Waals surface area contributed by atoms with Gasteiger partial charge in [-0.15, -0.1) is 0 Å². The summed E-state index contributed by atoms with van der Waals surface area (Å²) in [5, 5.41) is 13.8. The lowest BCUT2D eigenvalue weighted by molar-refractivity contribution is 0.0697. The van der Waals surface area contributed by atoms with Gasteiger partial charge < -0.3 is 20.1 Å². The third-order valence-corrected chi connectivity index (χ3v) is 5.67. The smallest absolute Gasteiger partial charge is 0.337 e. The van der Waals surface area contributed by atoms with Gasteiger partial charge in [-0.25, -0.2) is 4.79 Å². The molecule has 0 unspecified atom stereocenters.